The van der Waals surface area contributed by atoms with Gasteiger partial charge in [0.25, 0.3) is 5.91 Å². The van der Waals surface area contributed by atoms with Crippen LogP contribution >= 0.6 is 23.1 Å². The molecule has 2 aromatic rings. The molecule has 2 N–H and O–H groups in total. The molecule has 0 atom stereocenters. The number of thioether (sulfide) groups is 1. The Morgan fingerprint density at radius 2 is 1.90 bits per heavy atom. The summed E-state index contributed by atoms with van der Waals surface area (Å²) in [6.45, 7) is 0. The van der Waals surface area contributed by atoms with Crippen molar-refractivity contribution in [3.8, 4) is 0 Å². The molecule has 0 saturated carbocycles. The van der Waals surface area contributed by atoms with Crippen molar-refractivity contribution in [2.75, 3.05) is 22.6 Å². The van der Waals surface area contributed by atoms with Crippen LogP contribution < -0.4 is 10.6 Å². The second-order valence-electron chi connectivity index (χ2n) is 3.99. The van der Waals surface area contributed by atoms with Gasteiger partial charge < -0.3 is 10.6 Å². The first kappa shape index (κ1) is 14.6. The van der Waals surface area contributed by atoms with Gasteiger partial charge in [-0.3, -0.25) is 9.59 Å². The highest BCUT2D eigenvalue weighted by Gasteiger charge is 2.07. The van der Waals surface area contributed by atoms with Crippen LogP contribution in [0.5, 0.6) is 0 Å². The standard InChI is InChI=1S/C14H14N2O2S2/c1-19-9-13(17)15-10-4-2-5-11(8-10)16-14(18)12-6-3-7-20-12/h2-8H,9H2,1H3,(H,15,17)(H,16,18). The second kappa shape index (κ2) is 7.12. The van der Waals surface area contributed by atoms with Crippen molar-refractivity contribution in [3.63, 3.8) is 0 Å². The molecule has 1 heterocycles. The van der Waals surface area contributed by atoms with E-state index in [2.05, 4.69) is 10.6 Å². The topological polar surface area (TPSA) is 58.2 Å². The van der Waals surface area contributed by atoms with E-state index in [0.29, 0.717) is 22.0 Å². The third-order valence-electron chi connectivity index (χ3n) is 2.42. The molecule has 2 rings (SSSR count). The van der Waals surface area contributed by atoms with Gasteiger partial charge in [-0.2, -0.15) is 11.8 Å². The van der Waals surface area contributed by atoms with Crippen LogP contribution in [0.2, 0.25) is 0 Å². The van der Waals surface area contributed by atoms with Crippen molar-refractivity contribution in [3.05, 3.63) is 46.7 Å². The van der Waals surface area contributed by atoms with E-state index < -0.39 is 0 Å². The second-order valence-corrected chi connectivity index (χ2v) is 5.81. The van der Waals surface area contributed by atoms with E-state index in [4.69, 9.17) is 0 Å². The van der Waals surface area contributed by atoms with E-state index in [1.165, 1.54) is 23.1 Å². The first-order valence-corrected chi connectivity index (χ1v) is 8.20. The largest absolute Gasteiger partial charge is 0.325 e. The number of thiophene rings is 1. The van der Waals surface area contributed by atoms with Crippen molar-refractivity contribution in [1.29, 1.82) is 0 Å². The smallest absolute Gasteiger partial charge is 0.265 e. The number of rotatable bonds is 5. The van der Waals surface area contributed by atoms with Gasteiger partial charge >= 0.3 is 0 Å². The monoisotopic (exact) mass is 306 g/mol. The molecule has 1 aromatic heterocycles. The summed E-state index contributed by atoms with van der Waals surface area (Å²) >= 11 is 2.85. The number of hydrogen-bond donors (Lipinski definition) is 2. The number of amides is 2. The van der Waals surface area contributed by atoms with Crippen LogP contribution in [-0.2, 0) is 4.79 Å². The van der Waals surface area contributed by atoms with Crippen LogP contribution in [0.4, 0.5) is 11.4 Å². The highest BCUT2D eigenvalue weighted by molar-refractivity contribution is 7.99. The summed E-state index contributed by atoms with van der Waals surface area (Å²) in [5, 5.41) is 7.44. The van der Waals surface area contributed by atoms with Gasteiger partial charge in [-0.15, -0.1) is 11.3 Å². The average molecular weight is 306 g/mol. The van der Waals surface area contributed by atoms with Gasteiger partial charge in [0, 0.05) is 11.4 Å². The number of anilines is 2. The minimum atomic E-state index is -0.146. The maximum atomic E-state index is 11.9. The average Bonchev–Trinajstić information content (AvgIpc) is 2.93. The van der Waals surface area contributed by atoms with E-state index in [1.54, 1.807) is 30.3 Å². The van der Waals surface area contributed by atoms with Crippen LogP contribution in [0.1, 0.15) is 9.67 Å². The predicted octanol–water partition coefficient (Wildman–Crippen LogP) is 3.30. The highest BCUT2D eigenvalue weighted by Crippen LogP contribution is 2.17. The van der Waals surface area contributed by atoms with Crippen LogP contribution in [-0.4, -0.2) is 23.8 Å². The van der Waals surface area contributed by atoms with Crippen molar-refractivity contribution in [2.45, 2.75) is 0 Å². The molecule has 104 valence electrons. The Bertz CT molecular complexity index is 597. The molecule has 0 unspecified atom stereocenters. The van der Waals surface area contributed by atoms with Crippen molar-refractivity contribution in [2.24, 2.45) is 0 Å². The molecule has 0 saturated heterocycles. The molecule has 0 radical (unpaired) electrons. The lowest BCUT2D eigenvalue weighted by atomic mass is 10.2. The lowest BCUT2D eigenvalue weighted by Gasteiger charge is -2.07. The highest BCUT2D eigenvalue weighted by atomic mass is 32.2. The normalized spacial score (nSPS) is 10.1. The Balaban J connectivity index is 2.02. The molecule has 0 aliphatic heterocycles. The zero-order valence-corrected chi connectivity index (χ0v) is 12.5. The Hall–Kier alpha value is -1.79. The van der Waals surface area contributed by atoms with Crippen LogP contribution in [0.25, 0.3) is 0 Å². The first-order valence-electron chi connectivity index (χ1n) is 5.93. The maximum Gasteiger partial charge on any atom is 0.265 e. The first-order chi connectivity index (χ1) is 9.69. The molecule has 2 amide bonds. The van der Waals surface area contributed by atoms with Crippen molar-refractivity contribution < 1.29 is 9.59 Å². The molecule has 6 heteroatoms. The van der Waals surface area contributed by atoms with Crippen molar-refractivity contribution in [1.82, 2.24) is 0 Å². The molecular weight excluding hydrogens is 292 g/mol. The summed E-state index contributed by atoms with van der Waals surface area (Å²) in [4.78, 5) is 24.1. The van der Waals surface area contributed by atoms with E-state index >= 15 is 0 Å². The SMILES string of the molecule is CSCC(=O)Nc1cccc(NC(=O)c2cccs2)c1. The molecule has 4 nitrogen and oxygen atoms in total. The Morgan fingerprint density at radius 3 is 2.55 bits per heavy atom. The molecule has 0 aliphatic rings. The zero-order chi connectivity index (χ0) is 14.4. The van der Waals surface area contributed by atoms with Crippen molar-refractivity contribution >= 4 is 46.3 Å². The molecule has 0 spiro atoms. The van der Waals surface area contributed by atoms with E-state index in [1.807, 2.05) is 17.7 Å². The lowest BCUT2D eigenvalue weighted by Crippen LogP contribution is -2.14. The van der Waals surface area contributed by atoms with E-state index in [-0.39, 0.29) is 11.8 Å². The van der Waals surface area contributed by atoms with Gasteiger partial charge in [0.05, 0.1) is 10.6 Å². The van der Waals surface area contributed by atoms with Crippen LogP contribution in [0.3, 0.4) is 0 Å². The molecular formula is C14H14N2O2S2. The van der Waals surface area contributed by atoms with Crippen LogP contribution in [0, 0.1) is 0 Å². The van der Waals surface area contributed by atoms with Gasteiger partial charge in [-0.25, -0.2) is 0 Å². The minimum Gasteiger partial charge on any atom is -0.325 e. The third-order valence-corrected chi connectivity index (χ3v) is 3.84. The third kappa shape index (κ3) is 4.11. The summed E-state index contributed by atoms with van der Waals surface area (Å²) in [7, 11) is 0. The number of nitrogens with one attached hydrogen (secondary N) is 2. The molecule has 0 fully saturated rings. The minimum absolute atomic E-state index is 0.0563. The van der Waals surface area contributed by atoms with E-state index in [9.17, 15) is 9.59 Å². The molecule has 0 aliphatic carbocycles. The lowest BCUT2D eigenvalue weighted by molar-refractivity contribution is -0.113. The number of carbonyl (C=O) groups is 2. The fourth-order valence-electron chi connectivity index (χ4n) is 1.60. The predicted molar refractivity (Wildman–Crippen MR) is 85.7 cm³/mol. The quantitative estimate of drug-likeness (QED) is 0.891. The Morgan fingerprint density at radius 1 is 1.15 bits per heavy atom. The number of carbonyl (C=O) groups excluding carboxylic acids is 2. The van der Waals surface area contributed by atoms with Gasteiger partial charge in [0.1, 0.15) is 0 Å². The zero-order valence-electron chi connectivity index (χ0n) is 10.9. The Labute approximate surface area is 125 Å². The van der Waals surface area contributed by atoms with Gasteiger partial charge in [-0.1, -0.05) is 12.1 Å². The van der Waals surface area contributed by atoms with Crippen LogP contribution in [0.15, 0.2) is 41.8 Å². The number of benzene rings is 1. The maximum absolute atomic E-state index is 11.9. The fourth-order valence-corrected chi connectivity index (χ4v) is 2.56. The molecule has 1 aromatic carbocycles. The Kier molecular flexibility index (Phi) is 5.20. The van der Waals surface area contributed by atoms with Gasteiger partial charge in [0.15, 0.2) is 0 Å². The summed E-state index contributed by atoms with van der Waals surface area (Å²) in [5.41, 5.74) is 1.33. The molecule has 20 heavy (non-hydrogen) atoms. The summed E-state index contributed by atoms with van der Waals surface area (Å²) < 4.78 is 0. The fraction of sp³-hybridized carbons (Fsp3) is 0.143. The molecule has 0 bridgehead atoms. The van der Waals surface area contributed by atoms with E-state index in [0.717, 1.165) is 0 Å². The number of hydrogen-bond acceptors (Lipinski definition) is 4. The summed E-state index contributed by atoms with van der Waals surface area (Å²) in [5.74, 6) is 0.206. The summed E-state index contributed by atoms with van der Waals surface area (Å²) in [6.07, 6.45) is 1.87. The van der Waals surface area contributed by atoms with Gasteiger partial charge in [0.2, 0.25) is 5.91 Å². The summed E-state index contributed by atoms with van der Waals surface area (Å²) in [6, 6.07) is 10.7. The van der Waals surface area contributed by atoms with Gasteiger partial charge in [-0.05, 0) is 35.9 Å².